The molecule has 0 saturated carbocycles. The molecular weight excluding hydrogens is 314 g/mol. The fourth-order valence-electron chi connectivity index (χ4n) is 2.97. The summed E-state index contributed by atoms with van der Waals surface area (Å²) in [6, 6.07) is 13.6. The molecule has 0 aromatic heterocycles. The number of fused-ring (bicyclic) bond motifs is 1. The van der Waals surface area contributed by atoms with E-state index in [0.29, 0.717) is 6.54 Å². The molecule has 25 heavy (non-hydrogen) atoms. The quantitative estimate of drug-likeness (QED) is 0.785. The summed E-state index contributed by atoms with van der Waals surface area (Å²) >= 11 is 0. The summed E-state index contributed by atoms with van der Waals surface area (Å²) in [5.41, 5.74) is 5.65. The van der Waals surface area contributed by atoms with Gasteiger partial charge in [0.2, 0.25) is 5.91 Å². The van der Waals surface area contributed by atoms with Crippen LogP contribution < -0.4 is 16.0 Å². The normalized spacial score (nSPS) is 12.4. The van der Waals surface area contributed by atoms with E-state index in [4.69, 9.17) is 0 Å². The van der Waals surface area contributed by atoms with Gasteiger partial charge in [-0.15, -0.1) is 0 Å². The molecule has 2 aromatic rings. The van der Waals surface area contributed by atoms with Crippen LogP contribution in [0.5, 0.6) is 0 Å². The van der Waals surface area contributed by atoms with E-state index in [-0.39, 0.29) is 18.5 Å². The molecule has 1 aliphatic rings. The minimum atomic E-state index is -0.357. The number of benzene rings is 2. The van der Waals surface area contributed by atoms with Crippen LogP contribution >= 0.6 is 0 Å². The van der Waals surface area contributed by atoms with Crippen molar-refractivity contribution in [2.75, 3.05) is 11.9 Å². The molecule has 0 fully saturated rings. The summed E-state index contributed by atoms with van der Waals surface area (Å²) < 4.78 is 0. The van der Waals surface area contributed by atoms with E-state index in [1.807, 2.05) is 43.3 Å². The van der Waals surface area contributed by atoms with Crippen molar-refractivity contribution in [3.63, 3.8) is 0 Å². The second-order valence-corrected chi connectivity index (χ2v) is 6.41. The Labute approximate surface area is 147 Å². The van der Waals surface area contributed by atoms with Crippen molar-refractivity contribution < 1.29 is 9.59 Å². The maximum atomic E-state index is 12.0. The maximum Gasteiger partial charge on any atom is 0.315 e. The van der Waals surface area contributed by atoms with Crippen LogP contribution in [-0.4, -0.2) is 18.5 Å². The Balaban J connectivity index is 1.41. The lowest BCUT2D eigenvalue weighted by atomic mass is 10.1. The van der Waals surface area contributed by atoms with Crippen LogP contribution in [0.2, 0.25) is 0 Å². The molecule has 0 heterocycles. The van der Waals surface area contributed by atoms with E-state index in [1.54, 1.807) is 0 Å². The highest BCUT2D eigenvalue weighted by Crippen LogP contribution is 2.24. The van der Waals surface area contributed by atoms with Gasteiger partial charge in [0.15, 0.2) is 0 Å². The van der Waals surface area contributed by atoms with Gasteiger partial charge in [-0.3, -0.25) is 4.79 Å². The predicted octanol–water partition coefficient (Wildman–Crippen LogP) is 2.92. The number of anilines is 1. The van der Waals surface area contributed by atoms with Crippen LogP contribution in [-0.2, 0) is 24.2 Å². The Morgan fingerprint density at radius 2 is 1.72 bits per heavy atom. The highest BCUT2D eigenvalue weighted by Gasteiger charge is 2.12. The van der Waals surface area contributed by atoms with Crippen LogP contribution in [0.25, 0.3) is 0 Å². The summed E-state index contributed by atoms with van der Waals surface area (Å²) in [7, 11) is 0. The molecule has 0 atom stereocenters. The van der Waals surface area contributed by atoms with E-state index >= 15 is 0 Å². The molecule has 3 N–H and O–H groups in total. The molecule has 0 spiro atoms. The highest BCUT2D eigenvalue weighted by atomic mass is 16.2. The van der Waals surface area contributed by atoms with Gasteiger partial charge in [-0.05, 0) is 55.0 Å². The summed E-state index contributed by atoms with van der Waals surface area (Å²) in [4.78, 5) is 23.8. The average molecular weight is 337 g/mol. The zero-order valence-corrected chi connectivity index (χ0v) is 14.4. The second-order valence-electron chi connectivity index (χ2n) is 6.41. The maximum absolute atomic E-state index is 12.0. The summed E-state index contributed by atoms with van der Waals surface area (Å²) in [6.07, 6.45) is 3.36. The third-order valence-corrected chi connectivity index (χ3v) is 4.37. The van der Waals surface area contributed by atoms with Crippen molar-refractivity contribution in [3.8, 4) is 0 Å². The molecular formula is C20H23N3O2. The molecule has 1 aliphatic carbocycles. The van der Waals surface area contributed by atoms with E-state index < -0.39 is 0 Å². The van der Waals surface area contributed by atoms with Crippen LogP contribution in [0, 0.1) is 6.92 Å². The van der Waals surface area contributed by atoms with Gasteiger partial charge in [0.1, 0.15) is 0 Å². The number of amides is 3. The van der Waals surface area contributed by atoms with Gasteiger partial charge in [-0.2, -0.15) is 0 Å². The van der Waals surface area contributed by atoms with Crippen molar-refractivity contribution in [2.24, 2.45) is 0 Å². The fraction of sp³-hybridized carbons (Fsp3) is 0.300. The van der Waals surface area contributed by atoms with Crippen molar-refractivity contribution in [1.29, 1.82) is 0 Å². The molecule has 0 bridgehead atoms. The van der Waals surface area contributed by atoms with E-state index in [9.17, 15) is 9.59 Å². The topological polar surface area (TPSA) is 70.2 Å². The molecule has 5 heteroatoms. The van der Waals surface area contributed by atoms with Gasteiger partial charge in [-0.1, -0.05) is 35.9 Å². The number of urea groups is 1. The molecule has 5 nitrogen and oxygen atoms in total. The third-order valence-electron chi connectivity index (χ3n) is 4.37. The molecule has 0 saturated heterocycles. The van der Waals surface area contributed by atoms with Crippen molar-refractivity contribution in [3.05, 3.63) is 64.7 Å². The number of aryl methyl sites for hydroxylation is 3. The Hall–Kier alpha value is -2.82. The number of rotatable bonds is 5. The van der Waals surface area contributed by atoms with Gasteiger partial charge in [-0.25, -0.2) is 4.79 Å². The number of hydrogen-bond acceptors (Lipinski definition) is 2. The van der Waals surface area contributed by atoms with Crippen LogP contribution in [0.15, 0.2) is 42.5 Å². The Morgan fingerprint density at radius 1 is 0.960 bits per heavy atom. The van der Waals surface area contributed by atoms with E-state index in [2.05, 4.69) is 22.0 Å². The lowest BCUT2D eigenvalue weighted by Gasteiger charge is -2.10. The number of hydrogen-bond donors (Lipinski definition) is 3. The number of carbonyl (C=O) groups is 2. The molecule has 0 aliphatic heterocycles. The van der Waals surface area contributed by atoms with Gasteiger partial charge < -0.3 is 16.0 Å². The summed E-state index contributed by atoms with van der Waals surface area (Å²) in [5.74, 6) is -0.233. The highest BCUT2D eigenvalue weighted by molar-refractivity contribution is 5.94. The number of nitrogens with one attached hydrogen (secondary N) is 3. The van der Waals surface area contributed by atoms with Crippen LogP contribution in [0.4, 0.5) is 10.5 Å². The fourth-order valence-corrected chi connectivity index (χ4v) is 2.97. The first-order chi connectivity index (χ1) is 12.1. The standard InChI is InChI=1S/C20H23N3O2/c1-14-5-7-15(8-6-14)12-21-20(25)22-13-19(24)23-18-10-9-16-3-2-4-17(16)11-18/h5-11H,2-4,12-13H2,1H3,(H,23,24)(H2,21,22,25). The molecule has 130 valence electrons. The van der Waals surface area contributed by atoms with E-state index in [1.165, 1.54) is 23.1 Å². The van der Waals surface area contributed by atoms with Gasteiger partial charge in [0, 0.05) is 12.2 Å². The SMILES string of the molecule is Cc1ccc(CNC(=O)NCC(=O)Nc2ccc3c(c2)CCC3)cc1. The summed E-state index contributed by atoms with van der Waals surface area (Å²) in [6.45, 7) is 2.39. The van der Waals surface area contributed by atoms with Gasteiger partial charge in [0.25, 0.3) is 0 Å². The Bertz CT molecular complexity index is 769. The minimum Gasteiger partial charge on any atom is -0.334 e. The first kappa shape index (κ1) is 17.0. The second kappa shape index (κ2) is 7.83. The number of carbonyl (C=O) groups excluding carboxylic acids is 2. The molecule has 3 amide bonds. The molecule has 0 unspecified atom stereocenters. The summed E-state index contributed by atoms with van der Waals surface area (Å²) in [5, 5.41) is 8.14. The average Bonchev–Trinajstić information content (AvgIpc) is 3.07. The minimum absolute atomic E-state index is 0.0587. The van der Waals surface area contributed by atoms with E-state index in [0.717, 1.165) is 24.1 Å². The molecule has 0 radical (unpaired) electrons. The monoisotopic (exact) mass is 337 g/mol. The van der Waals surface area contributed by atoms with Crippen LogP contribution in [0.3, 0.4) is 0 Å². The van der Waals surface area contributed by atoms with Gasteiger partial charge in [0.05, 0.1) is 6.54 Å². The molecule has 2 aromatic carbocycles. The zero-order valence-electron chi connectivity index (χ0n) is 14.4. The van der Waals surface area contributed by atoms with Crippen molar-refractivity contribution in [1.82, 2.24) is 10.6 Å². The van der Waals surface area contributed by atoms with Crippen molar-refractivity contribution >= 4 is 17.6 Å². The lowest BCUT2D eigenvalue weighted by molar-refractivity contribution is -0.115. The Morgan fingerprint density at radius 3 is 2.52 bits per heavy atom. The largest absolute Gasteiger partial charge is 0.334 e. The third kappa shape index (κ3) is 4.83. The first-order valence-electron chi connectivity index (χ1n) is 8.59. The zero-order chi connectivity index (χ0) is 17.6. The first-order valence-corrected chi connectivity index (χ1v) is 8.59. The Kier molecular flexibility index (Phi) is 5.33. The molecule has 3 rings (SSSR count). The smallest absolute Gasteiger partial charge is 0.315 e. The van der Waals surface area contributed by atoms with Crippen molar-refractivity contribution in [2.45, 2.75) is 32.7 Å². The lowest BCUT2D eigenvalue weighted by Crippen LogP contribution is -2.39. The van der Waals surface area contributed by atoms with Gasteiger partial charge >= 0.3 is 6.03 Å². The predicted molar refractivity (Wildman–Crippen MR) is 98.5 cm³/mol. The van der Waals surface area contributed by atoms with Crippen LogP contribution in [0.1, 0.15) is 28.7 Å².